The number of hydrogen-bond donors (Lipinski definition) is 3. The number of nitrogens with zero attached hydrogens (tertiary/aromatic N) is 2. The van der Waals surface area contributed by atoms with Crippen LogP contribution < -0.4 is 10.6 Å². The zero-order valence-corrected chi connectivity index (χ0v) is 11.7. The summed E-state index contributed by atoms with van der Waals surface area (Å²) in [5, 5.41) is 12.8. The predicted octanol–water partition coefficient (Wildman–Crippen LogP) is 1.01. The lowest BCUT2D eigenvalue weighted by atomic mass is 9.91. The third kappa shape index (κ3) is 1.99. The van der Waals surface area contributed by atoms with Crippen LogP contribution in [0.3, 0.4) is 0 Å². The van der Waals surface area contributed by atoms with Crippen molar-refractivity contribution in [2.45, 2.75) is 12.1 Å². The second-order valence-electron chi connectivity index (χ2n) is 5.47. The van der Waals surface area contributed by atoms with Gasteiger partial charge in [-0.3, -0.25) is 10.00 Å². The van der Waals surface area contributed by atoms with Crippen molar-refractivity contribution in [2.24, 2.45) is 0 Å². The largest absolute Gasteiger partial charge is 0.336 e. The fraction of sp³-hybridized carbons (Fsp3) is 0.385. The van der Waals surface area contributed by atoms with Gasteiger partial charge in [-0.15, -0.1) is 11.3 Å². The van der Waals surface area contributed by atoms with Gasteiger partial charge in [-0.05, 0) is 18.2 Å². The summed E-state index contributed by atoms with van der Waals surface area (Å²) >= 11 is 1.78. The van der Waals surface area contributed by atoms with E-state index in [2.05, 4.69) is 37.9 Å². The maximum atomic E-state index is 11.2. The number of urea groups is 1. The molecule has 6 nitrogen and oxygen atoms in total. The van der Waals surface area contributed by atoms with Gasteiger partial charge in [-0.25, -0.2) is 4.79 Å². The average Bonchev–Trinajstić information content (AvgIpc) is 3.08. The van der Waals surface area contributed by atoms with Gasteiger partial charge in [0.05, 0.1) is 16.1 Å². The minimum absolute atomic E-state index is 0.0272. The molecule has 2 amide bonds. The molecule has 7 heteroatoms. The molecule has 2 aliphatic rings. The zero-order valence-electron chi connectivity index (χ0n) is 10.8. The van der Waals surface area contributed by atoms with Crippen LogP contribution in [0.25, 0.3) is 10.6 Å². The standard InChI is InChI=1S/C13H15N5OS/c19-12-14-6-13(16-12)7-18(8-13)5-9-1-2-11(20-9)10-3-4-15-17-10/h1-4H,5-8H2,(H,15,17)(H2,14,16,19). The van der Waals surface area contributed by atoms with Crippen LogP contribution in [-0.2, 0) is 6.54 Å². The average molecular weight is 289 g/mol. The van der Waals surface area contributed by atoms with E-state index in [9.17, 15) is 4.79 Å². The number of likely N-dealkylation sites (tertiary alicyclic amines) is 1. The Morgan fingerprint density at radius 2 is 2.25 bits per heavy atom. The molecule has 4 heterocycles. The molecule has 20 heavy (non-hydrogen) atoms. The Bertz CT molecular complexity index is 629. The van der Waals surface area contributed by atoms with Crippen LogP contribution in [0, 0.1) is 0 Å². The molecule has 0 bridgehead atoms. The van der Waals surface area contributed by atoms with Crippen LogP contribution in [-0.4, -0.2) is 46.3 Å². The molecule has 2 aromatic rings. The number of H-pyrrole nitrogens is 1. The first-order valence-corrected chi connectivity index (χ1v) is 7.41. The number of aromatic amines is 1. The number of rotatable bonds is 3. The van der Waals surface area contributed by atoms with E-state index in [4.69, 9.17) is 0 Å². The number of amides is 2. The Labute approximate surface area is 120 Å². The van der Waals surface area contributed by atoms with Crippen LogP contribution >= 0.6 is 11.3 Å². The maximum absolute atomic E-state index is 11.2. The molecule has 2 aliphatic heterocycles. The summed E-state index contributed by atoms with van der Waals surface area (Å²) < 4.78 is 0. The minimum Gasteiger partial charge on any atom is -0.336 e. The number of nitrogens with one attached hydrogen (secondary N) is 3. The van der Waals surface area contributed by atoms with E-state index in [-0.39, 0.29) is 11.6 Å². The van der Waals surface area contributed by atoms with Gasteiger partial charge in [0.25, 0.3) is 0 Å². The van der Waals surface area contributed by atoms with E-state index in [1.54, 1.807) is 17.5 Å². The maximum Gasteiger partial charge on any atom is 0.315 e. The van der Waals surface area contributed by atoms with Crippen LogP contribution in [0.1, 0.15) is 4.88 Å². The summed E-state index contributed by atoms with van der Waals surface area (Å²) in [6.07, 6.45) is 1.77. The van der Waals surface area contributed by atoms with Crippen LogP contribution in [0.15, 0.2) is 24.4 Å². The van der Waals surface area contributed by atoms with Gasteiger partial charge in [-0.2, -0.15) is 5.10 Å². The summed E-state index contributed by atoms with van der Waals surface area (Å²) in [5.41, 5.74) is 1.04. The fourth-order valence-corrected chi connectivity index (χ4v) is 3.94. The van der Waals surface area contributed by atoms with Crippen molar-refractivity contribution in [3.8, 4) is 10.6 Å². The molecule has 0 saturated carbocycles. The van der Waals surface area contributed by atoms with Crippen LogP contribution in [0.4, 0.5) is 4.79 Å². The van der Waals surface area contributed by atoms with Crippen molar-refractivity contribution in [3.63, 3.8) is 0 Å². The van der Waals surface area contributed by atoms with E-state index >= 15 is 0 Å². The van der Waals surface area contributed by atoms with Gasteiger partial charge >= 0.3 is 6.03 Å². The van der Waals surface area contributed by atoms with E-state index in [0.717, 1.165) is 31.9 Å². The lowest BCUT2D eigenvalue weighted by molar-refractivity contribution is 0.0605. The Balaban J connectivity index is 1.38. The van der Waals surface area contributed by atoms with E-state index in [1.165, 1.54) is 9.75 Å². The van der Waals surface area contributed by atoms with Gasteiger partial charge in [0.2, 0.25) is 0 Å². The molecule has 4 rings (SSSR count). The Morgan fingerprint density at radius 3 is 2.95 bits per heavy atom. The Kier molecular flexibility index (Phi) is 2.58. The summed E-state index contributed by atoms with van der Waals surface area (Å²) in [4.78, 5) is 16.1. The van der Waals surface area contributed by atoms with Gasteiger partial charge < -0.3 is 10.6 Å². The first-order chi connectivity index (χ1) is 9.72. The molecule has 2 fully saturated rings. The van der Waals surface area contributed by atoms with Crippen molar-refractivity contribution < 1.29 is 4.79 Å². The molecule has 0 radical (unpaired) electrons. The molecule has 104 valence electrons. The fourth-order valence-electron chi connectivity index (χ4n) is 2.91. The first kappa shape index (κ1) is 11.9. The molecule has 0 aliphatic carbocycles. The van der Waals surface area contributed by atoms with Gasteiger partial charge in [0.1, 0.15) is 0 Å². The highest BCUT2D eigenvalue weighted by molar-refractivity contribution is 7.15. The quantitative estimate of drug-likeness (QED) is 0.789. The number of hydrogen-bond acceptors (Lipinski definition) is 4. The third-order valence-corrected chi connectivity index (χ3v) is 4.93. The molecule has 0 atom stereocenters. The second kappa shape index (κ2) is 4.32. The van der Waals surface area contributed by atoms with Crippen molar-refractivity contribution in [1.29, 1.82) is 0 Å². The van der Waals surface area contributed by atoms with Crippen molar-refractivity contribution in [2.75, 3.05) is 19.6 Å². The lowest BCUT2D eigenvalue weighted by Gasteiger charge is -2.46. The number of carbonyl (C=O) groups is 1. The summed E-state index contributed by atoms with van der Waals surface area (Å²) in [5.74, 6) is 0. The van der Waals surface area contributed by atoms with Gasteiger partial charge in [0, 0.05) is 37.3 Å². The topological polar surface area (TPSA) is 73.0 Å². The summed E-state index contributed by atoms with van der Waals surface area (Å²) in [7, 11) is 0. The smallest absolute Gasteiger partial charge is 0.315 e. The van der Waals surface area contributed by atoms with Crippen LogP contribution in [0.5, 0.6) is 0 Å². The Hall–Kier alpha value is -1.86. The number of carbonyl (C=O) groups excluding carboxylic acids is 1. The molecule has 1 spiro atoms. The van der Waals surface area contributed by atoms with Crippen molar-refractivity contribution in [3.05, 3.63) is 29.3 Å². The third-order valence-electron chi connectivity index (χ3n) is 3.83. The molecule has 2 aromatic heterocycles. The number of aromatic nitrogens is 2. The summed E-state index contributed by atoms with van der Waals surface area (Å²) in [6, 6.07) is 6.23. The monoisotopic (exact) mass is 289 g/mol. The van der Waals surface area contributed by atoms with E-state index in [0.29, 0.717) is 0 Å². The highest BCUT2D eigenvalue weighted by Crippen LogP contribution is 2.30. The predicted molar refractivity (Wildman–Crippen MR) is 76.4 cm³/mol. The first-order valence-electron chi connectivity index (χ1n) is 6.59. The van der Waals surface area contributed by atoms with Crippen molar-refractivity contribution in [1.82, 2.24) is 25.7 Å². The normalized spacial score (nSPS) is 20.7. The van der Waals surface area contributed by atoms with E-state index < -0.39 is 0 Å². The highest BCUT2D eigenvalue weighted by atomic mass is 32.1. The molecular weight excluding hydrogens is 274 g/mol. The minimum atomic E-state index is -0.0395. The Morgan fingerprint density at radius 1 is 1.35 bits per heavy atom. The SMILES string of the molecule is O=C1NCC2(CN(Cc3ccc(-c4ccn[nH]4)s3)C2)N1. The molecule has 0 unspecified atom stereocenters. The van der Waals surface area contributed by atoms with E-state index in [1.807, 2.05) is 6.07 Å². The highest BCUT2D eigenvalue weighted by Gasteiger charge is 2.47. The molecular formula is C13H15N5OS. The van der Waals surface area contributed by atoms with Crippen molar-refractivity contribution >= 4 is 17.4 Å². The molecule has 2 saturated heterocycles. The second-order valence-corrected chi connectivity index (χ2v) is 6.64. The zero-order chi connectivity index (χ0) is 13.6. The lowest BCUT2D eigenvalue weighted by Crippen LogP contribution is -2.68. The van der Waals surface area contributed by atoms with Gasteiger partial charge in [-0.1, -0.05) is 0 Å². The molecule has 0 aromatic carbocycles. The molecule has 3 N–H and O–H groups in total. The van der Waals surface area contributed by atoms with Gasteiger partial charge in [0.15, 0.2) is 0 Å². The summed E-state index contributed by atoms with van der Waals surface area (Å²) in [6.45, 7) is 3.52. The van der Waals surface area contributed by atoms with Crippen LogP contribution in [0.2, 0.25) is 0 Å². The number of thiophene rings is 1.